The third-order valence-corrected chi connectivity index (χ3v) is 4.00. The number of carbonyl (C=O) groups is 2. The molecular formula is C15H18ClFN2O2. The Morgan fingerprint density at radius 1 is 1.38 bits per heavy atom. The van der Waals surface area contributed by atoms with Crippen LogP contribution in [0.4, 0.5) is 10.1 Å². The Bertz CT molecular complexity index is 542. The molecule has 1 aromatic rings. The summed E-state index contributed by atoms with van der Waals surface area (Å²) in [6.07, 6.45) is 1.78. The summed E-state index contributed by atoms with van der Waals surface area (Å²) in [4.78, 5) is 25.5. The number of rotatable bonds is 3. The second-order valence-corrected chi connectivity index (χ2v) is 5.53. The highest BCUT2D eigenvalue weighted by atomic mass is 35.5. The van der Waals surface area contributed by atoms with Gasteiger partial charge in [-0.3, -0.25) is 9.59 Å². The van der Waals surface area contributed by atoms with Crippen LogP contribution >= 0.6 is 11.6 Å². The SMILES string of the molecule is CCC(=O)N1CCC(C(=O)Nc2ccc(F)c(Cl)c2)CC1. The van der Waals surface area contributed by atoms with Crippen LogP contribution < -0.4 is 5.32 Å². The fraction of sp³-hybridized carbons (Fsp3) is 0.467. The van der Waals surface area contributed by atoms with Crippen molar-refractivity contribution in [2.75, 3.05) is 18.4 Å². The summed E-state index contributed by atoms with van der Waals surface area (Å²) in [7, 11) is 0. The summed E-state index contributed by atoms with van der Waals surface area (Å²) in [5, 5.41) is 2.73. The molecule has 0 unspecified atom stereocenters. The molecule has 0 aromatic heterocycles. The van der Waals surface area contributed by atoms with Crippen LogP contribution in [0.2, 0.25) is 5.02 Å². The lowest BCUT2D eigenvalue weighted by molar-refractivity contribution is -0.134. The first-order valence-corrected chi connectivity index (χ1v) is 7.42. The van der Waals surface area contributed by atoms with E-state index in [1.165, 1.54) is 18.2 Å². The van der Waals surface area contributed by atoms with Crippen molar-refractivity contribution in [3.05, 3.63) is 29.0 Å². The topological polar surface area (TPSA) is 49.4 Å². The van der Waals surface area contributed by atoms with Crippen molar-refractivity contribution in [3.8, 4) is 0 Å². The van der Waals surface area contributed by atoms with Crippen molar-refractivity contribution in [3.63, 3.8) is 0 Å². The lowest BCUT2D eigenvalue weighted by Gasteiger charge is -2.31. The second-order valence-electron chi connectivity index (χ2n) is 5.13. The van der Waals surface area contributed by atoms with Crippen LogP contribution in [0, 0.1) is 11.7 Å². The molecular weight excluding hydrogens is 295 g/mol. The van der Waals surface area contributed by atoms with Crippen LogP contribution in [0.25, 0.3) is 0 Å². The van der Waals surface area contributed by atoms with Gasteiger partial charge in [0.1, 0.15) is 5.82 Å². The van der Waals surface area contributed by atoms with Gasteiger partial charge in [-0.25, -0.2) is 4.39 Å². The Balaban J connectivity index is 1.90. The van der Waals surface area contributed by atoms with Crippen LogP contribution in [-0.4, -0.2) is 29.8 Å². The van der Waals surface area contributed by atoms with E-state index in [1.807, 2.05) is 6.92 Å². The minimum atomic E-state index is -0.513. The van der Waals surface area contributed by atoms with Crippen LogP contribution in [0.15, 0.2) is 18.2 Å². The number of hydrogen-bond acceptors (Lipinski definition) is 2. The quantitative estimate of drug-likeness (QED) is 0.932. The molecule has 0 aliphatic carbocycles. The number of hydrogen-bond donors (Lipinski definition) is 1. The van der Waals surface area contributed by atoms with E-state index in [-0.39, 0.29) is 22.8 Å². The van der Waals surface area contributed by atoms with E-state index >= 15 is 0 Å². The van der Waals surface area contributed by atoms with Gasteiger partial charge in [-0.05, 0) is 31.0 Å². The number of nitrogens with zero attached hydrogens (tertiary/aromatic N) is 1. The summed E-state index contributed by atoms with van der Waals surface area (Å²) < 4.78 is 13.1. The Hall–Kier alpha value is -1.62. The molecule has 1 aromatic carbocycles. The van der Waals surface area contributed by atoms with E-state index in [0.29, 0.717) is 38.0 Å². The van der Waals surface area contributed by atoms with E-state index < -0.39 is 5.82 Å². The first-order chi connectivity index (χ1) is 10.0. The van der Waals surface area contributed by atoms with E-state index in [0.717, 1.165) is 0 Å². The molecule has 0 spiro atoms. The molecule has 0 saturated carbocycles. The smallest absolute Gasteiger partial charge is 0.227 e. The fourth-order valence-electron chi connectivity index (χ4n) is 2.43. The Kier molecular flexibility index (Phi) is 5.17. The maximum atomic E-state index is 13.1. The van der Waals surface area contributed by atoms with Crippen molar-refractivity contribution in [2.24, 2.45) is 5.92 Å². The first kappa shape index (κ1) is 15.8. The molecule has 1 fully saturated rings. The predicted molar refractivity (Wildman–Crippen MR) is 79.6 cm³/mol. The maximum Gasteiger partial charge on any atom is 0.227 e. The number of nitrogens with one attached hydrogen (secondary N) is 1. The Morgan fingerprint density at radius 2 is 2.05 bits per heavy atom. The largest absolute Gasteiger partial charge is 0.343 e. The van der Waals surface area contributed by atoms with E-state index in [9.17, 15) is 14.0 Å². The highest BCUT2D eigenvalue weighted by molar-refractivity contribution is 6.31. The van der Waals surface area contributed by atoms with Gasteiger partial charge in [-0.2, -0.15) is 0 Å². The molecule has 1 heterocycles. The van der Waals surface area contributed by atoms with Crippen LogP contribution in [-0.2, 0) is 9.59 Å². The first-order valence-electron chi connectivity index (χ1n) is 7.05. The average Bonchev–Trinajstić information content (AvgIpc) is 2.50. The summed E-state index contributed by atoms with van der Waals surface area (Å²) >= 11 is 5.68. The summed E-state index contributed by atoms with van der Waals surface area (Å²) in [5.41, 5.74) is 0.485. The molecule has 2 amide bonds. The molecule has 114 valence electrons. The van der Waals surface area contributed by atoms with Crippen molar-refractivity contribution in [1.29, 1.82) is 0 Å². The third kappa shape index (κ3) is 3.94. The normalized spacial score (nSPS) is 15.9. The minimum absolute atomic E-state index is 0.0174. The zero-order valence-electron chi connectivity index (χ0n) is 11.9. The van der Waals surface area contributed by atoms with Gasteiger partial charge in [-0.15, -0.1) is 0 Å². The number of amides is 2. The van der Waals surface area contributed by atoms with Gasteiger partial charge in [0.05, 0.1) is 5.02 Å². The zero-order valence-corrected chi connectivity index (χ0v) is 12.6. The van der Waals surface area contributed by atoms with Crippen LogP contribution in [0.3, 0.4) is 0 Å². The second kappa shape index (κ2) is 6.89. The highest BCUT2D eigenvalue weighted by Crippen LogP contribution is 2.22. The lowest BCUT2D eigenvalue weighted by atomic mass is 9.95. The zero-order chi connectivity index (χ0) is 15.4. The number of halogens is 2. The number of anilines is 1. The molecule has 0 bridgehead atoms. The molecule has 4 nitrogen and oxygen atoms in total. The third-order valence-electron chi connectivity index (χ3n) is 3.71. The van der Waals surface area contributed by atoms with Crippen LogP contribution in [0.1, 0.15) is 26.2 Å². The van der Waals surface area contributed by atoms with E-state index in [4.69, 9.17) is 11.6 Å². The number of likely N-dealkylation sites (tertiary alicyclic amines) is 1. The molecule has 1 N–H and O–H groups in total. The number of carbonyl (C=O) groups excluding carboxylic acids is 2. The van der Waals surface area contributed by atoms with Crippen molar-refractivity contribution in [2.45, 2.75) is 26.2 Å². The van der Waals surface area contributed by atoms with Gasteiger partial charge in [-0.1, -0.05) is 18.5 Å². The fourth-order valence-corrected chi connectivity index (χ4v) is 2.61. The summed E-state index contributed by atoms with van der Waals surface area (Å²) in [5.74, 6) is -0.628. The molecule has 2 rings (SSSR count). The Labute approximate surface area is 128 Å². The summed E-state index contributed by atoms with van der Waals surface area (Å²) in [6, 6.07) is 4.10. The standard InChI is InChI=1S/C15H18ClFN2O2/c1-2-14(20)19-7-5-10(6-8-19)15(21)18-11-3-4-13(17)12(16)9-11/h3-4,9-10H,2,5-8H2,1H3,(H,18,21). The van der Waals surface area contributed by atoms with E-state index in [2.05, 4.69) is 5.32 Å². The van der Waals surface area contributed by atoms with E-state index in [1.54, 1.807) is 4.90 Å². The monoisotopic (exact) mass is 312 g/mol. The molecule has 6 heteroatoms. The van der Waals surface area contributed by atoms with Crippen molar-refractivity contribution in [1.82, 2.24) is 4.90 Å². The van der Waals surface area contributed by atoms with Gasteiger partial charge >= 0.3 is 0 Å². The van der Waals surface area contributed by atoms with Crippen LogP contribution in [0.5, 0.6) is 0 Å². The predicted octanol–water partition coefficient (Wildman–Crippen LogP) is 3.07. The molecule has 1 saturated heterocycles. The molecule has 0 radical (unpaired) electrons. The summed E-state index contributed by atoms with van der Waals surface area (Å²) in [6.45, 7) is 3.04. The molecule has 21 heavy (non-hydrogen) atoms. The van der Waals surface area contributed by atoms with Gasteiger partial charge in [0.15, 0.2) is 0 Å². The van der Waals surface area contributed by atoms with Gasteiger partial charge < -0.3 is 10.2 Å². The highest BCUT2D eigenvalue weighted by Gasteiger charge is 2.26. The maximum absolute atomic E-state index is 13.1. The average molecular weight is 313 g/mol. The van der Waals surface area contributed by atoms with Crippen molar-refractivity contribution < 1.29 is 14.0 Å². The molecule has 1 aliphatic rings. The number of benzene rings is 1. The molecule has 0 atom stereocenters. The van der Waals surface area contributed by atoms with Gasteiger partial charge in [0.2, 0.25) is 11.8 Å². The lowest BCUT2D eigenvalue weighted by Crippen LogP contribution is -2.41. The molecule has 1 aliphatic heterocycles. The van der Waals surface area contributed by atoms with Crippen molar-refractivity contribution >= 4 is 29.1 Å². The minimum Gasteiger partial charge on any atom is -0.343 e. The number of piperidine rings is 1. The van der Waals surface area contributed by atoms with Gasteiger partial charge in [0.25, 0.3) is 0 Å². The van der Waals surface area contributed by atoms with Gasteiger partial charge in [0, 0.05) is 31.1 Å². The Morgan fingerprint density at radius 3 is 2.62 bits per heavy atom.